The first-order valence-corrected chi connectivity index (χ1v) is 5.39. The first-order chi connectivity index (χ1) is 5.77. The van der Waals surface area contributed by atoms with Gasteiger partial charge >= 0.3 is 0 Å². The summed E-state index contributed by atoms with van der Waals surface area (Å²) in [4.78, 5) is 0. The molecule has 3 heteroatoms. The summed E-state index contributed by atoms with van der Waals surface area (Å²) < 4.78 is 1.32. The maximum absolute atomic E-state index is 5.99. The molecule has 0 aliphatic heterocycles. The highest BCUT2D eigenvalue weighted by molar-refractivity contribution is 14.1. The average Bonchev–Trinajstić information content (AvgIpc) is 2.04. The van der Waals surface area contributed by atoms with Crippen molar-refractivity contribution in [2.75, 3.05) is 0 Å². The minimum Gasteiger partial charge on any atom is -0.324 e. The maximum atomic E-state index is 5.99. The van der Waals surface area contributed by atoms with Crippen LogP contribution in [0, 0.1) is 3.57 Å². The van der Waals surface area contributed by atoms with E-state index in [0.29, 0.717) is 0 Å². The Morgan fingerprint density at radius 2 is 2.15 bits per heavy atom. The topological polar surface area (TPSA) is 26.0 Å². The van der Waals surface area contributed by atoms with E-state index in [4.69, 9.17) is 5.73 Å². The summed E-state index contributed by atoms with van der Waals surface area (Å²) in [6.07, 6.45) is 3.60. The Kier molecular flexibility index (Phi) is 4.01. The molecular weight excluding hydrogens is 296 g/mol. The van der Waals surface area contributed by atoms with Crippen LogP contribution in [-0.2, 0) is 6.42 Å². The molecule has 2 rings (SSSR count). The van der Waals surface area contributed by atoms with E-state index in [0.717, 1.165) is 6.42 Å². The molecule has 1 atom stereocenters. The van der Waals surface area contributed by atoms with E-state index in [2.05, 4.69) is 40.8 Å². The van der Waals surface area contributed by atoms with Gasteiger partial charge in [-0.1, -0.05) is 6.07 Å². The Hall–Kier alpha value is 0.200. The van der Waals surface area contributed by atoms with Crippen molar-refractivity contribution in [3.8, 4) is 0 Å². The molecule has 13 heavy (non-hydrogen) atoms. The molecule has 1 aliphatic rings. The van der Waals surface area contributed by atoms with Crippen LogP contribution in [-0.4, -0.2) is 0 Å². The summed E-state index contributed by atoms with van der Waals surface area (Å²) >= 11 is 2.35. The SMILES string of the molecule is Cl.NC1CCCc2cc(I)ccc21. The fourth-order valence-electron chi connectivity index (χ4n) is 1.82. The Morgan fingerprint density at radius 3 is 2.92 bits per heavy atom. The summed E-state index contributed by atoms with van der Waals surface area (Å²) in [7, 11) is 0. The molecule has 0 saturated carbocycles. The van der Waals surface area contributed by atoms with E-state index >= 15 is 0 Å². The number of fused-ring (bicyclic) bond motifs is 1. The van der Waals surface area contributed by atoms with Gasteiger partial charge in [-0.3, -0.25) is 0 Å². The Labute approximate surface area is 98.6 Å². The Balaban J connectivity index is 0.000000845. The molecule has 0 spiro atoms. The molecule has 0 saturated heterocycles. The third kappa shape index (κ3) is 2.36. The predicted molar refractivity (Wildman–Crippen MR) is 66.3 cm³/mol. The van der Waals surface area contributed by atoms with Crippen LogP contribution in [0.5, 0.6) is 0 Å². The van der Waals surface area contributed by atoms with Crippen molar-refractivity contribution in [3.63, 3.8) is 0 Å². The normalized spacial score (nSPS) is 20.3. The zero-order chi connectivity index (χ0) is 8.55. The van der Waals surface area contributed by atoms with Gasteiger partial charge in [0.2, 0.25) is 0 Å². The Bertz CT molecular complexity index is 301. The number of rotatable bonds is 0. The van der Waals surface area contributed by atoms with Crippen LogP contribution in [0.4, 0.5) is 0 Å². The number of hydrogen-bond acceptors (Lipinski definition) is 1. The molecule has 0 bridgehead atoms. The van der Waals surface area contributed by atoms with E-state index in [1.807, 2.05) is 0 Å². The molecule has 0 radical (unpaired) electrons. The molecule has 1 unspecified atom stereocenters. The van der Waals surface area contributed by atoms with E-state index < -0.39 is 0 Å². The molecule has 0 amide bonds. The van der Waals surface area contributed by atoms with Crippen LogP contribution in [0.2, 0.25) is 0 Å². The lowest BCUT2D eigenvalue weighted by Crippen LogP contribution is -2.17. The lowest BCUT2D eigenvalue weighted by molar-refractivity contribution is 0.570. The number of nitrogens with two attached hydrogens (primary N) is 1. The molecule has 1 aliphatic carbocycles. The van der Waals surface area contributed by atoms with Crippen molar-refractivity contribution in [3.05, 3.63) is 32.9 Å². The number of benzene rings is 1. The Morgan fingerprint density at radius 1 is 1.38 bits per heavy atom. The van der Waals surface area contributed by atoms with Crippen molar-refractivity contribution in [2.45, 2.75) is 25.3 Å². The van der Waals surface area contributed by atoms with Crippen LogP contribution in [0.3, 0.4) is 0 Å². The van der Waals surface area contributed by atoms with Crippen molar-refractivity contribution < 1.29 is 0 Å². The molecule has 1 aromatic rings. The predicted octanol–water partition coefficient (Wildman–Crippen LogP) is 3.05. The highest BCUT2D eigenvalue weighted by Gasteiger charge is 2.15. The quantitative estimate of drug-likeness (QED) is 0.732. The van der Waals surface area contributed by atoms with Gasteiger partial charge in [0.15, 0.2) is 0 Å². The van der Waals surface area contributed by atoms with Crippen LogP contribution in [0.25, 0.3) is 0 Å². The summed E-state index contributed by atoms with van der Waals surface area (Å²) in [5.41, 5.74) is 8.82. The third-order valence-corrected chi connectivity index (χ3v) is 3.14. The van der Waals surface area contributed by atoms with Gasteiger partial charge in [-0.15, -0.1) is 12.4 Å². The van der Waals surface area contributed by atoms with Crippen LogP contribution in [0.15, 0.2) is 18.2 Å². The standard InChI is InChI=1S/C10H12IN.ClH/c11-8-4-5-9-7(6-8)2-1-3-10(9)12;/h4-6,10H,1-3,12H2;1H. The fraction of sp³-hybridized carbons (Fsp3) is 0.400. The van der Waals surface area contributed by atoms with Crippen molar-refractivity contribution in [2.24, 2.45) is 5.73 Å². The minimum absolute atomic E-state index is 0. The summed E-state index contributed by atoms with van der Waals surface area (Å²) in [5, 5.41) is 0. The monoisotopic (exact) mass is 309 g/mol. The fourth-order valence-corrected chi connectivity index (χ4v) is 2.38. The van der Waals surface area contributed by atoms with E-state index in [1.165, 1.54) is 27.5 Å². The second-order valence-corrected chi connectivity index (χ2v) is 4.59. The van der Waals surface area contributed by atoms with E-state index in [-0.39, 0.29) is 18.4 Å². The van der Waals surface area contributed by atoms with Gasteiger partial charge in [0.25, 0.3) is 0 Å². The van der Waals surface area contributed by atoms with Gasteiger partial charge in [-0.2, -0.15) is 0 Å². The second-order valence-electron chi connectivity index (χ2n) is 3.34. The molecule has 0 heterocycles. The molecule has 1 nitrogen and oxygen atoms in total. The lowest BCUT2D eigenvalue weighted by Gasteiger charge is -2.21. The molecule has 0 fully saturated rings. The van der Waals surface area contributed by atoms with Crippen molar-refractivity contribution in [1.82, 2.24) is 0 Å². The molecular formula is C10H13ClIN. The van der Waals surface area contributed by atoms with Gasteiger partial charge in [0, 0.05) is 9.61 Å². The first-order valence-electron chi connectivity index (χ1n) is 4.31. The van der Waals surface area contributed by atoms with Crippen molar-refractivity contribution >= 4 is 35.0 Å². The van der Waals surface area contributed by atoms with E-state index in [1.54, 1.807) is 0 Å². The zero-order valence-corrected chi connectivity index (χ0v) is 10.3. The molecule has 72 valence electrons. The highest BCUT2D eigenvalue weighted by atomic mass is 127. The van der Waals surface area contributed by atoms with Crippen LogP contribution >= 0.6 is 35.0 Å². The van der Waals surface area contributed by atoms with Gasteiger partial charge in [0.1, 0.15) is 0 Å². The van der Waals surface area contributed by atoms with E-state index in [9.17, 15) is 0 Å². The van der Waals surface area contributed by atoms with Gasteiger partial charge in [-0.25, -0.2) is 0 Å². The third-order valence-electron chi connectivity index (χ3n) is 2.47. The smallest absolute Gasteiger partial charge is 0.0297 e. The molecule has 1 aromatic carbocycles. The molecule has 0 aromatic heterocycles. The second kappa shape index (κ2) is 4.62. The number of halogens is 2. The summed E-state index contributed by atoms with van der Waals surface area (Å²) in [6, 6.07) is 6.87. The van der Waals surface area contributed by atoms with Crippen LogP contribution in [0.1, 0.15) is 30.0 Å². The van der Waals surface area contributed by atoms with Gasteiger partial charge in [-0.05, 0) is 65.1 Å². The summed E-state index contributed by atoms with van der Waals surface area (Å²) in [6.45, 7) is 0. The number of aryl methyl sites for hydroxylation is 1. The zero-order valence-electron chi connectivity index (χ0n) is 7.29. The van der Waals surface area contributed by atoms with Gasteiger partial charge < -0.3 is 5.73 Å². The average molecular weight is 310 g/mol. The highest BCUT2D eigenvalue weighted by Crippen LogP contribution is 2.28. The largest absolute Gasteiger partial charge is 0.324 e. The van der Waals surface area contributed by atoms with Crippen molar-refractivity contribution in [1.29, 1.82) is 0 Å². The lowest BCUT2D eigenvalue weighted by atomic mass is 9.88. The van der Waals surface area contributed by atoms with Crippen LogP contribution < -0.4 is 5.73 Å². The first kappa shape index (κ1) is 11.3. The minimum atomic E-state index is 0. The molecule has 2 N–H and O–H groups in total. The van der Waals surface area contributed by atoms with Gasteiger partial charge in [0.05, 0.1) is 0 Å². The number of hydrogen-bond donors (Lipinski definition) is 1. The maximum Gasteiger partial charge on any atom is 0.0297 e. The summed E-state index contributed by atoms with van der Waals surface area (Å²) in [5.74, 6) is 0.